The summed E-state index contributed by atoms with van der Waals surface area (Å²) in [6, 6.07) is 12.5. The van der Waals surface area contributed by atoms with Crippen LogP contribution in [-0.4, -0.2) is 10.2 Å². The third-order valence-electron chi connectivity index (χ3n) is 3.13. The van der Waals surface area contributed by atoms with E-state index in [0.717, 1.165) is 29.8 Å². The number of nitrogens with zero attached hydrogens (tertiary/aromatic N) is 2. The third-order valence-corrected chi connectivity index (χ3v) is 3.13. The first-order valence-corrected chi connectivity index (χ1v) is 6.27. The number of benzene rings is 1. The normalized spacial score (nSPS) is 12.4. The number of rotatable bonds is 4. The minimum atomic E-state index is 0.0272. The molecule has 0 saturated carbocycles. The van der Waals surface area contributed by atoms with Gasteiger partial charge >= 0.3 is 0 Å². The summed E-state index contributed by atoms with van der Waals surface area (Å²) in [5.41, 5.74) is 10.5. The van der Waals surface area contributed by atoms with Crippen LogP contribution in [-0.2, 0) is 6.42 Å². The summed E-state index contributed by atoms with van der Waals surface area (Å²) < 4.78 is 0. The van der Waals surface area contributed by atoms with Gasteiger partial charge in [0, 0.05) is 6.04 Å². The monoisotopic (exact) mass is 241 g/mol. The van der Waals surface area contributed by atoms with Gasteiger partial charge in [0.1, 0.15) is 0 Å². The lowest BCUT2D eigenvalue weighted by Gasteiger charge is -2.14. The number of aryl methyl sites for hydroxylation is 3. The molecule has 18 heavy (non-hydrogen) atoms. The molecule has 2 rings (SSSR count). The smallest absolute Gasteiger partial charge is 0.0648 e. The lowest BCUT2D eigenvalue weighted by molar-refractivity contribution is 0.638. The summed E-state index contributed by atoms with van der Waals surface area (Å²) >= 11 is 0. The molecule has 1 atom stereocenters. The van der Waals surface area contributed by atoms with E-state index in [0.29, 0.717) is 0 Å². The second kappa shape index (κ2) is 5.74. The van der Waals surface area contributed by atoms with Crippen LogP contribution in [0.15, 0.2) is 36.4 Å². The van der Waals surface area contributed by atoms with E-state index in [1.54, 1.807) is 0 Å². The molecule has 0 aliphatic heterocycles. The Morgan fingerprint density at radius 1 is 1.11 bits per heavy atom. The molecule has 0 radical (unpaired) electrons. The fourth-order valence-corrected chi connectivity index (χ4v) is 2.07. The molecule has 0 amide bonds. The summed E-state index contributed by atoms with van der Waals surface area (Å²) in [6.07, 6.45) is 1.92. The number of aromatic nitrogens is 2. The van der Waals surface area contributed by atoms with Gasteiger partial charge in [-0.15, -0.1) is 0 Å². The van der Waals surface area contributed by atoms with Gasteiger partial charge in [-0.05, 0) is 43.9 Å². The minimum absolute atomic E-state index is 0.0272. The van der Waals surface area contributed by atoms with Gasteiger partial charge in [-0.3, -0.25) is 0 Å². The van der Waals surface area contributed by atoms with Crippen LogP contribution in [0.5, 0.6) is 0 Å². The van der Waals surface area contributed by atoms with Crippen molar-refractivity contribution in [3.05, 3.63) is 58.9 Å². The molecule has 1 heterocycles. The summed E-state index contributed by atoms with van der Waals surface area (Å²) in [5, 5.41) is 8.16. The van der Waals surface area contributed by atoms with E-state index >= 15 is 0 Å². The SMILES string of the molecule is Cc1cc(C(N)CCc2ccccc2)c(C)nn1. The van der Waals surface area contributed by atoms with Crippen LogP contribution in [0.4, 0.5) is 0 Å². The molecular weight excluding hydrogens is 222 g/mol. The van der Waals surface area contributed by atoms with Crippen LogP contribution in [0.1, 0.15) is 35.0 Å². The van der Waals surface area contributed by atoms with Gasteiger partial charge in [-0.25, -0.2) is 0 Å². The van der Waals surface area contributed by atoms with Crippen LogP contribution in [0.3, 0.4) is 0 Å². The van der Waals surface area contributed by atoms with Crippen molar-refractivity contribution in [3.8, 4) is 0 Å². The molecule has 0 saturated heterocycles. The quantitative estimate of drug-likeness (QED) is 0.895. The first-order valence-electron chi connectivity index (χ1n) is 6.27. The molecule has 0 fully saturated rings. The van der Waals surface area contributed by atoms with Gasteiger partial charge in [-0.1, -0.05) is 30.3 Å². The average Bonchev–Trinajstić information content (AvgIpc) is 2.40. The average molecular weight is 241 g/mol. The molecule has 0 spiro atoms. The molecule has 0 aliphatic carbocycles. The van der Waals surface area contributed by atoms with E-state index in [-0.39, 0.29) is 6.04 Å². The fraction of sp³-hybridized carbons (Fsp3) is 0.333. The lowest BCUT2D eigenvalue weighted by atomic mass is 9.99. The lowest BCUT2D eigenvalue weighted by Crippen LogP contribution is -2.14. The zero-order valence-corrected chi connectivity index (χ0v) is 10.9. The Labute approximate surface area is 108 Å². The zero-order chi connectivity index (χ0) is 13.0. The van der Waals surface area contributed by atoms with Crippen molar-refractivity contribution in [1.29, 1.82) is 0 Å². The van der Waals surface area contributed by atoms with E-state index in [1.165, 1.54) is 5.56 Å². The van der Waals surface area contributed by atoms with Crippen molar-refractivity contribution in [1.82, 2.24) is 10.2 Å². The van der Waals surface area contributed by atoms with Crippen molar-refractivity contribution in [2.24, 2.45) is 5.73 Å². The molecule has 0 aliphatic rings. The second-order valence-corrected chi connectivity index (χ2v) is 4.66. The molecule has 3 heteroatoms. The Bertz CT molecular complexity index is 508. The van der Waals surface area contributed by atoms with Gasteiger partial charge in [0.2, 0.25) is 0 Å². The molecule has 3 nitrogen and oxygen atoms in total. The first kappa shape index (κ1) is 12.7. The number of hydrogen-bond acceptors (Lipinski definition) is 3. The molecule has 1 unspecified atom stereocenters. The highest BCUT2D eigenvalue weighted by atomic mass is 15.1. The van der Waals surface area contributed by atoms with Crippen LogP contribution in [0, 0.1) is 13.8 Å². The van der Waals surface area contributed by atoms with Crippen LogP contribution in [0.25, 0.3) is 0 Å². The van der Waals surface area contributed by atoms with Gasteiger partial charge in [0.05, 0.1) is 11.4 Å². The van der Waals surface area contributed by atoms with Crippen molar-refractivity contribution >= 4 is 0 Å². The van der Waals surface area contributed by atoms with E-state index < -0.39 is 0 Å². The topological polar surface area (TPSA) is 51.8 Å². The Morgan fingerprint density at radius 3 is 2.56 bits per heavy atom. The molecule has 1 aromatic heterocycles. The molecule has 2 aromatic rings. The van der Waals surface area contributed by atoms with E-state index in [9.17, 15) is 0 Å². The molecule has 2 N–H and O–H groups in total. The molecular formula is C15H19N3. The maximum Gasteiger partial charge on any atom is 0.0648 e. The third kappa shape index (κ3) is 3.14. The van der Waals surface area contributed by atoms with Crippen molar-refractivity contribution < 1.29 is 0 Å². The minimum Gasteiger partial charge on any atom is -0.324 e. The zero-order valence-electron chi connectivity index (χ0n) is 10.9. The van der Waals surface area contributed by atoms with Crippen molar-refractivity contribution in [2.75, 3.05) is 0 Å². The maximum absolute atomic E-state index is 6.24. The number of nitrogens with two attached hydrogens (primary N) is 1. The standard InChI is InChI=1S/C15H19N3/c1-11-10-14(12(2)18-17-11)15(16)9-8-13-6-4-3-5-7-13/h3-7,10,15H,8-9,16H2,1-2H3. The van der Waals surface area contributed by atoms with E-state index in [2.05, 4.69) is 34.5 Å². The van der Waals surface area contributed by atoms with Crippen LogP contribution >= 0.6 is 0 Å². The Morgan fingerprint density at radius 2 is 1.83 bits per heavy atom. The highest BCUT2D eigenvalue weighted by Gasteiger charge is 2.10. The van der Waals surface area contributed by atoms with E-state index in [4.69, 9.17) is 5.73 Å². The van der Waals surface area contributed by atoms with Crippen molar-refractivity contribution in [2.45, 2.75) is 32.7 Å². The maximum atomic E-state index is 6.24. The van der Waals surface area contributed by atoms with Gasteiger partial charge in [0.25, 0.3) is 0 Å². The Kier molecular flexibility index (Phi) is 4.05. The highest BCUT2D eigenvalue weighted by Crippen LogP contribution is 2.19. The Balaban J connectivity index is 2.03. The highest BCUT2D eigenvalue weighted by molar-refractivity contribution is 5.24. The summed E-state index contributed by atoms with van der Waals surface area (Å²) in [7, 11) is 0. The predicted molar refractivity (Wildman–Crippen MR) is 73.2 cm³/mol. The number of hydrogen-bond donors (Lipinski definition) is 1. The largest absolute Gasteiger partial charge is 0.324 e. The van der Waals surface area contributed by atoms with Crippen LogP contribution in [0.2, 0.25) is 0 Å². The second-order valence-electron chi connectivity index (χ2n) is 4.66. The molecule has 0 bridgehead atoms. The summed E-state index contributed by atoms with van der Waals surface area (Å²) in [6.45, 7) is 3.91. The van der Waals surface area contributed by atoms with E-state index in [1.807, 2.05) is 26.0 Å². The summed E-state index contributed by atoms with van der Waals surface area (Å²) in [5.74, 6) is 0. The fourth-order valence-electron chi connectivity index (χ4n) is 2.07. The van der Waals surface area contributed by atoms with Crippen molar-refractivity contribution in [3.63, 3.8) is 0 Å². The first-order chi connectivity index (χ1) is 8.66. The van der Waals surface area contributed by atoms with Gasteiger partial charge in [-0.2, -0.15) is 10.2 Å². The molecule has 1 aromatic carbocycles. The van der Waals surface area contributed by atoms with Crippen LogP contribution < -0.4 is 5.73 Å². The predicted octanol–water partition coefficient (Wildman–Crippen LogP) is 2.73. The van der Waals surface area contributed by atoms with Gasteiger partial charge < -0.3 is 5.73 Å². The Hall–Kier alpha value is -1.74. The van der Waals surface area contributed by atoms with Gasteiger partial charge in [0.15, 0.2) is 0 Å². The molecule has 94 valence electrons. The summed E-state index contributed by atoms with van der Waals surface area (Å²) in [4.78, 5) is 0.